The van der Waals surface area contributed by atoms with E-state index in [2.05, 4.69) is 10.3 Å². The van der Waals surface area contributed by atoms with Crippen molar-refractivity contribution < 1.29 is 31.5 Å². The highest BCUT2D eigenvalue weighted by Crippen LogP contribution is 2.33. The number of alkyl halides is 3. The number of hydrogen-bond donors (Lipinski definition) is 1. The fourth-order valence-electron chi connectivity index (χ4n) is 2.84. The summed E-state index contributed by atoms with van der Waals surface area (Å²) in [7, 11) is 0. The normalized spacial score (nSPS) is 11.5. The lowest BCUT2D eigenvalue weighted by Crippen LogP contribution is -2.14. The molecule has 4 aromatic rings. The number of carbonyl (C=O) groups excluding carboxylic acids is 1. The first-order valence-electron chi connectivity index (χ1n) is 9.05. The minimum absolute atomic E-state index is 0.243. The van der Waals surface area contributed by atoms with Crippen molar-refractivity contribution in [3.8, 4) is 5.75 Å². The first-order valence-corrected chi connectivity index (χ1v) is 9.05. The Balaban J connectivity index is 1.50. The molecule has 1 N–H and O–H groups in total. The molecule has 1 amide bonds. The third-order valence-electron chi connectivity index (χ3n) is 4.33. The highest BCUT2D eigenvalue weighted by molar-refractivity contribution is 6.02. The maximum Gasteiger partial charge on any atom is 0.419 e. The summed E-state index contributed by atoms with van der Waals surface area (Å²) in [6, 6.07) is 16.4. The summed E-state index contributed by atoms with van der Waals surface area (Å²) in [5, 5.41) is 2.23. The van der Waals surface area contributed by atoms with Crippen molar-refractivity contribution in [3.05, 3.63) is 89.6 Å². The molecule has 0 saturated heterocycles. The summed E-state index contributed by atoms with van der Waals surface area (Å²) in [6.07, 6.45) is -4.89. The Hall–Kier alpha value is -3.88. The summed E-state index contributed by atoms with van der Waals surface area (Å²) in [4.78, 5) is 16.4. The summed E-state index contributed by atoms with van der Waals surface area (Å²) < 4.78 is 63.0. The molecule has 4 rings (SSSR count). The van der Waals surface area contributed by atoms with Gasteiger partial charge in [0.15, 0.2) is 5.58 Å². The Labute approximate surface area is 173 Å². The van der Waals surface area contributed by atoms with Crippen LogP contribution >= 0.6 is 0 Å². The van der Waals surface area contributed by atoms with Gasteiger partial charge in [0.25, 0.3) is 5.89 Å². The van der Waals surface area contributed by atoms with Gasteiger partial charge in [0, 0.05) is 11.8 Å². The Bertz CT molecular complexity index is 1240. The zero-order valence-corrected chi connectivity index (χ0v) is 15.7. The minimum Gasteiger partial charge on any atom is -0.489 e. The van der Waals surface area contributed by atoms with Gasteiger partial charge in [-0.3, -0.25) is 4.79 Å². The molecular weight excluding hydrogens is 416 g/mol. The largest absolute Gasteiger partial charge is 0.489 e. The van der Waals surface area contributed by atoms with E-state index < -0.39 is 23.5 Å². The van der Waals surface area contributed by atoms with Crippen LogP contribution in [0, 0.1) is 5.82 Å². The molecule has 0 fully saturated rings. The molecule has 31 heavy (non-hydrogen) atoms. The summed E-state index contributed by atoms with van der Waals surface area (Å²) in [5.41, 5.74) is -0.116. The quantitative estimate of drug-likeness (QED) is 0.406. The molecule has 0 aliphatic rings. The number of halogens is 4. The van der Waals surface area contributed by atoms with Gasteiger partial charge in [0.05, 0.1) is 5.56 Å². The molecule has 0 spiro atoms. The second-order valence-corrected chi connectivity index (χ2v) is 6.57. The second kappa shape index (κ2) is 8.10. The van der Waals surface area contributed by atoms with Crippen LogP contribution in [0.5, 0.6) is 5.75 Å². The minimum atomic E-state index is -4.89. The first kappa shape index (κ1) is 20.4. The van der Waals surface area contributed by atoms with Crippen LogP contribution in [0.4, 0.5) is 23.2 Å². The maximum absolute atomic E-state index is 13.4. The fourth-order valence-corrected chi connectivity index (χ4v) is 2.84. The molecule has 0 saturated carbocycles. The van der Waals surface area contributed by atoms with Crippen LogP contribution in [-0.4, -0.2) is 10.9 Å². The van der Waals surface area contributed by atoms with Crippen molar-refractivity contribution in [1.82, 2.24) is 4.98 Å². The smallest absolute Gasteiger partial charge is 0.419 e. The molecule has 0 atom stereocenters. The van der Waals surface area contributed by atoms with Crippen molar-refractivity contribution in [2.45, 2.75) is 12.8 Å². The van der Waals surface area contributed by atoms with E-state index in [1.807, 2.05) is 30.3 Å². The number of nitrogens with zero attached hydrogens (tertiary/aromatic N) is 1. The standard InChI is InChI=1S/C22H14F4N2O3/c23-17-8-6-14(10-16(17)22(24,25)26)27-20(29)21-28-18-11-15(7-9-19(18)31-21)30-12-13-4-2-1-3-5-13/h1-11H,12H2,(H,27,29). The molecule has 158 valence electrons. The zero-order valence-electron chi connectivity index (χ0n) is 15.7. The lowest BCUT2D eigenvalue weighted by molar-refractivity contribution is -0.139. The molecule has 5 nitrogen and oxygen atoms in total. The molecule has 0 bridgehead atoms. The van der Waals surface area contributed by atoms with Crippen molar-refractivity contribution in [2.24, 2.45) is 0 Å². The highest BCUT2D eigenvalue weighted by Gasteiger charge is 2.34. The van der Waals surface area contributed by atoms with Crippen molar-refractivity contribution in [3.63, 3.8) is 0 Å². The monoisotopic (exact) mass is 430 g/mol. The molecule has 0 aliphatic carbocycles. The predicted octanol–water partition coefficient (Wildman–Crippen LogP) is 5.82. The molecule has 1 aromatic heterocycles. The number of fused-ring (bicyclic) bond motifs is 1. The van der Waals surface area contributed by atoms with Gasteiger partial charge in [-0.1, -0.05) is 30.3 Å². The number of hydrogen-bond acceptors (Lipinski definition) is 4. The van der Waals surface area contributed by atoms with E-state index in [0.29, 0.717) is 35.6 Å². The summed E-state index contributed by atoms with van der Waals surface area (Å²) >= 11 is 0. The van der Waals surface area contributed by atoms with Crippen molar-refractivity contribution in [2.75, 3.05) is 5.32 Å². The van der Waals surface area contributed by atoms with E-state index in [9.17, 15) is 22.4 Å². The van der Waals surface area contributed by atoms with E-state index >= 15 is 0 Å². The number of benzene rings is 3. The van der Waals surface area contributed by atoms with Crippen LogP contribution in [0.25, 0.3) is 11.1 Å². The molecular formula is C22H14F4N2O3. The SMILES string of the molecule is O=C(Nc1ccc(F)c(C(F)(F)F)c1)c1nc2cc(OCc3ccccc3)ccc2o1. The number of amides is 1. The number of anilines is 1. The Morgan fingerprint density at radius 1 is 1.03 bits per heavy atom. The predicted molar refractivity (Wildman–Crippen MR) is 104 cm³/mol. The van der Waals surface area contributed by atoms with Gasteiger partial charge in [-0.2, -0.15) is 13.2 Å². The summed E-state index contributed by atoms with van der Waals surface area (Å²) in [6.45, 7) is 0.337. The molecule has 9 heteroatoms. The molecule has 3 aromatic carbocycles. The third-order valence-corrected chi connectivity index (χ3v) is 4.33. The van der Waals surface area contributed by atoms with Crippen LogP contribution in [0.15, 0.2) is 71.1 Å². The highest BCUT2D eigenvalue weighted by atomic mass is 19.4. The molecule has 0 unspecified atom stereocenters. The van der Waals surface area contributed by atoms with Gasteiger partial charge in [-0.25, -0.2) is 9.37 Å². The van der Waals surface area contributed by atoms with E-state index in [4.69, 9.17) is 9.15 Å². The Kier molecular flexibility index (Phi) is 5.33. The summed E-state index contributed by atoms with van der Waals surface area (Å²) in [5.74, 6) is -2.16. The van der Waals surface area contributed by atoms with Gasteiger partial charge in [-0.15, -0.1) is 0 Å². The van der Waals surface area contributed by atoms with E-state index in [1.54, 1.807) is 18.2 Å². The van der Waals surface area contributed by atoms with Gasteiger partial charge in [0.1, 0.15) is 23.7 Å². The number of nitrogens with one attached hydrogen (secondary N) is 1. The van der Waals surface area contributed by atoms with E-state index in [1.165, 1.54) is 0 Å². The van der Waals surface area contributed by atoms with Crippen LogP contribution in [0.3, 0.4) is 0 Å². The average molecular weight is 430 g/mol. The molecule has 1 heterocycles. The van der Waals surface area contributed by atoms with Crippen LogP contribution in [0.1, 0.15) is 21.8 Å². The van der Waals surface area contributed by atoms with Crippen molar-refractivity contribution in [1.29, 1.82) is 0 Å². The van der Waals surface area contributed by atoms with Crippen molar-refractivity contribution >= 4 is 22.7 Å². The zero-order chi connectivity index (χ0) is 22.0. The van der Waals surface area contributed by atoms with E-state index in [0.717, 1.165) is 11.6 Å². The number of rotatable bonds is 5. The number of aromatic nitrogens is 1. The maximum atomic E-state index is 13.4. The van der Waals surface area contributed by atoms with Crippen LogP contribution < -0.4 is 10.1 Å². The molecule has 0 aliphatic heterocycles. The fraction of sp³-hybridized carbons (Fsp3) is 0.0909. The van der Waals surface area contributed by atoms with Gasteiger partial charge in [0.2, 0.25) is 0 Å². The first-order chi connectivity index (χ1) is 14.8. The second-order valence-electron chi connectivity index (χ2n) is 6.57. The van der Waals surface area contributed by atoms with Gasteiger partial charge < -0.3 is 14.5 Å². The van der Waals surface area contributed by atoms with Gasteiger partial charge in [-0.05, 0) is 35.9 Å². The number of ether oxygens (including phenoxy) is 1. The van der Waals surface area contributed by atoms with Gasteiger partial charge >= 0.3 is 12.1 Å². The van der Waals surface area contributed by atoms with Crippen LogP contribution in [0.2, 0.25) is 0 Å². The van der Waals surface area contributed by atoms with E-state index in [-0.39, 0.29) is 11.6 Å². The Morgan fingerprint density at radius 2 is 1.81 bits per heavy atom. The lowest BCUT2D eigenvalue weighted by atomic mass is 10.2. The topological polar surface area (TPSA) is 64.4 Å². The number of oxazole rings is 1. The Morgan fingerprint density at radius 3 is 2.55 bits per heavy atom. The number of carbonyl (C=O) groups is 1. The third kappa shape index (κ3) is 4.66. The van der Waals surface area contributed by atoms with Crippen LogP contribution in [-0.2, 0) is 12.8 Å². The molecule has 0 radical (unpaired) electrons. The average Bonchev–Trinajstić information content (AvgIpc) is 3.17. The lowest BCUT2D eigenvalue weighted by Gasteiger charge is -2.10.